The summed E-state index contributed by atoms with van der Waals surface area (Å²) in [4.78, 5) is 36.0. The molecular formula is C23H27BrN4O4. The minimum absolute atomic E-state index is 0.114. The van der Waals surface area contributed by atoms with Crippen LogP contribution in [0.2, 0.25) is 0 Å². The molecule has 0 aliphatic rings. The van der Waals surface area contributed by atoms with Crippen LogP contribution in [0.5, 0.6) is 5.75 Å². The molecule has 0 saturated carbocycles. The lowest BCUT2D eigenvalue weighted by atomic mass is 10.1. The number of benzene rings is 2. The van der Waals surface area contributed by atoms with Gasteiger partial charge >= 0.3 is 11.8 Å². The van der Waals surface area contributed by atoms with Gasteiger partial charge in [-0.3, -0.25) is 14.4 Å². The quantitative estimate of drug-likeness (QED) is 0.291. The second-order valence-corrected chi connectivity index (χ2v) is 8.23. The third-order valence-electron chi connectivity index (χ3n) is 4.56. The van der Waals surface area contributed by atoms with Crippen LogP contribution in [0, 0.1) is 13.8 Å². The molecule has 3 amide bonds. The first kappa shape index (κ1) is 25.1. The van der Waals surface area contributed by atoms with Crippen molar-refractivity contribution < 1.29 is 19.1 Å². The van der Waals surface area contributed by atoms with Gasteiger partial charge in [0, 0.05) is 21.8 Å². The maximum Gasteiger partial charge on any atom is 0.329 e. The predicted octanol–water partition coefficient (Wildman–Crippen LogP) is 3.45. The van der Waals surface area contributed by atoms with Crippen LogP contribution < -0.4 is 20.8 Å². The molecule has 2 rings (SSSR count). The Morgan fingerprint density at radius 1 is 1.12 bits per heavy atom. The summed E-state index contributed by atoms with van der Waals surface area (Å²) < 4.78 is 6.41. The number of nitrogens with zero attached hydrogens (tertiary/aromatic N) is 1. The van der Waals surface area contributed by atoms with Crippen LogP contribution >= 0.6 is 15.9 Å². The van der Waals surface area contributed by atoms with E-state index in [0.29, 0.717) is 17.7 Å². The molecular weight excluding hydrogens is 476 g/mol. The Bertz CT molecular complexity index is 1020. The molecule has 0 aliphatic heterocycles. The van der Waals surface area contributed by atoms with Gasteiger partial charge in [-0.1, -0.05) is 35.0 Å². The van der Waals surface area contributed by atoms with Crippen molar-refractivity contribution in [1.82, 2.24) is 10.7 Å². The predicted molar refractivity (Wildman–Crippen MR) is 128 cm³/mol. The van der Waals surface area contributed by atoms with Gasteiger partial charge in [0.2, 0.25) is 0 Å². The minimum atomic E-state index is -0.869. The van der Waals surface area contributed by atoms with Gasteiger partial charge in [-0.15, -0.1) is 0 Å². The molecule has 9 heteroatoms. The zero-order chi connectivity index (χ0) is 23.7. The fourth-order valence-electron chi connectivity index (χ4n) is 2.55. The van der Waals surface area contributed by atoms with Crippen LogP contribution in [-0.2, 0) is 14.4 Å². The van der Waals surface area contributed by atoms with Crippen LogP contribution in [-0.4, -0.2) is 36.6 Å². The van der Waals surface area contributed by atoms with Crippen LogP contribution in [0.15, 0.2) is 46.0 Å². The van der Waals surface area contributed by atoms with Crippen molar-refractivity contribution in [2.75, 3.05) is 11.9 Å². The summed E-state index contributed by atoms with van der Waals surface area (Å²) >= 11 is 3.37. The molecule has 3 N–H and O–H groups in total. The maximum atomic E-state index is 12.3. The van der Waals surface area contributed by atoms with Crippen molar-refractivity contribution in [2.24, 2.45) is 5.10 Å². The number of hydrazone groups is 1. The highest BCUT2D eigenvalue weighted by molar-refractivity contribution is 9.10. The highest BCUT2D eigenvalue weighted by atomic mass is 79.9. The monoisotopic (exact) mass is 502 g/mol. The summed E-state index contributed by atoms with van der Waals surface area (Å²) in [6.07, 6.45) is 2.05. The first-order valence-electron chi connectivity index (χ1n) is 10.1. The molecule has 0 saturated heterocycles. The van der Waals surface area contributed by atoms with Gasteiger partial charge in [0.1, 0.15) is 5.75 Å². The summed E-state index contributed by atoms with van der Waals surface area (Å²) in [6.45, 7) is 7.36. The van der Waals surface area contributed by atoms with E-state index >= 15 is 0 Å². The summed E-state index contributed by atoms with van der Waals surface area (Å²) in [5.41, 5.74) is 5.42. The Labute approximate surface area is 195 Å². The second kappa shape index (κ2) is 12.0. The Hall–Kier alpha value is -3.20. The maximum absolute atomic E-state index is 12.3. The highest BCUT2D eigenvalue weighted by Gasteiger charge is 2.14. The molecule has 0 heterocycles. The van der Waals surface area contributed by atoms with Crippen molar-refractivity contribution >= 4 is 45.6 Å². The zero-order valence-electron chi connectivity index (χ0n) is 18.5. The van der Waals surface area contributed by atoms with Gasteiger partial charge in [-0.25, -0.2) is 5.43 Å². The smallest absolute Gasteiger partial charge is 0.329 e. The Balaban J connectivity index is 1.99. The first-order chi connectivity index (χ1) is 15.2. The summed E-state index contributed by atoms with van der Waals surface area (Å²) in [5, 5.41) is 9.22. The van der Waals surface area contributed by atoms with Crippen molar-refractivity contribution in [3.8, 4) is 5.75 Å². The third kappa shape index (κ3) is 7.81. The van der Waals surface area contributed by atoms with E-state index in [9.17, 15) is 14.4 Å². The second-order valence-electron chi connectivity index (χ2n) is 7.32. The molecule has 0 unspecified atom stereocenters. The Morgan fingerprint density at radius 2 is 1.88 bits per heavy atom. The fraction of sp³-hybridized carbons (Fsp3) is 0.304. The molecule has 0 aliphatic carbocycles. The SMILES string of the molecule is CC[C@@H](C)NC(=O)C(=O)N/N=C\c1cc(Br)ccc1OCC(=O)Nc1cc(C)ccc1C. The molecule has 0 fully saturated rings. The molecule has 1 atom stereocenters. The number of hydrogen-bond donors (Lipinski definition) is 3. The summed E-state index contributed by atoms with van der Waals surface area (Å²) in [7, 11) is 0. The van der Waals surface area contributed by atoms with Crippen LogP contribution in [0.4, 0.5) is 5.69 Å². The molecule has 0 bridgehead atoms. The van der Waals surface area contributed by atoms with Crippen LogP contribution in [0.3, 0.4) is 0 Å². The molecule has 0 radical (unpaired) electrons. The van der Waals surface area contributed by atoms with Crippen molar-refractivity contribution in [1.29, 1.82) is 0 Å². The Kier molecular flexibility index (Phi) is 9.39. The number of anilines is 1. The van der Waals surface area contributed by atoms with Crippen LogP contribution in [0.1, 0.15) is 37.0 Å². The van der Waals surface area contributed by atoms with E-state index < -0.39 is 11.8 Å². The van der Waals surface area contributed by atoms with Gasteiger partial charge in [-0.2, -0.15) is 5.10 Å². The lowest BCUT2D eigenvalue weighted by molar-refractivity contribution is -0.139. The molecule has 2 aromatic carbocycles. The number of amides is 3. The van der Waals surface area contributed by atoms with E-state index in [-0.39, 0.29) is 18.6 Å². The van der Waals surface area contributed by atoms with Gasteiger partial charge in [-0.05, 0) is 62.6 Å². The van der Waals surface area contributed by atoms with Gasteiger partial charge in [0.25, 0.3) is 5.91 Å². The summed E-state index contributed by atoms with van der Waals surface area (Å²) in [6, 6.07) is 10.8. The van der Waals surface area contributed by atoms with Crippen molar-refractivity contribution in [3.63, 3.8) is 0 Å². The van der Waals surface area contributed by atoms with E-state index in [0.717, 1.165) is 21.3 Å². The van der Waals surface area contributed by atoms with Crippen LogP contribution in [0.25, 0.3) is 0 Å². The highest BCUT2D eigenvalue weighted by Crippen LogP contribution is 2.22. The van der Waals surface area contributed by atoms with E-state index in [1.807, 2.05) is 39.0 Å². The molecule has 0 spiro atoms. The number of hydrogen-bond acceptors (Lipinski definition) is 5. The number of halogens is 1. The first-order valence-corrected chi connectivity index (χ1v) is 10.9. The van der Waals surface area contributed by atoms with Crippen molar-refractivity contribution in [2.45, 2.75) is 40.2 Å². The minimum Gasteiger partial charge on any atom is -0.483 e. The molecule has 2 aromatic rings. The van der Waals surface area contributed by atoms with Gasteiger partial charge in [0.05, 0.1) is 6.21 Å². The largest absolute Gasteiger partial charge is 0.483 e. The lowest BCUT2D eigenvalue weighted by Crippen LogP contribution is -2.41. The lowest BCUT2D eigenvalue weighted by Gasteiger charge is -2.12. The number of ether oxygens (including phenoxy) is 1. The normalized spacial score (nSPS) is 11.7. The number of carbonyl (C=O) groups is 3. The summed E-state index contributed by atoms with van der Waals surface area (Å²) in [5.74, 6) is -1.54. The van der Waals surface area contributed by atoms with E-state index in [1.54, 1.807) is 25.1 Å². The average molecular weight is 503 g/mol. The zero-order valence-corrected chi connectivity index (χ0v) is 20.1. The number of aryl methyl sites for hydroxylation is 2. The number of rotatable bonds is 8. The fourth-order valence-corrected chi connectivity index (χ4v) is 2.93. The molecule has 170 valence electrons. The van der Waals surface area contributed by atoms with Gasteiger partial charge in [0.15, 0.2) is 6.61 Å². The average Bonchev–Trinajstić information content (AvgIpc) is 2.75. The third-order valence-corrected chi connectivity index (χ3v) is 5.06. The number of carbonyl (C=O) groups excluding carboxylic acids is 3. The van der Waals surface area contributed by atoms with E-state index in [2.05, 4.69) is 37.1 Å². The molecule has 0 aromatic heterocycles. The van der Waals surface area contributed by atoms with Crippen molar-refractivity contribution in [3.05, 3.63) is 57.6 Å². The standard InChI is InChI=1S/C23H27BrN4O4/c1-5-16(4)26-22(30)23(31)28-25-12-17-11-18(24)8-9-20(17)32-13-21(29)27-19-10-14(2)6-7-15(19)3/h6-12,16H,5,13H2,1-4H3,(H,26,30)(H,27,29)(H,28,31)/b25-12-/t16-/m1/s1. The van der Waals surface area contributed by atoms with E-state index in [4.69, 9.17) is 4.74 Å². The molecule has 8 nitrogen and oxygen atoms in total. The topological polar surface area (TPSA) is 109 Å². The number of nitrogens with one attached hydrogen (secondary N) is 3. The Morgan fingerprint density at radius 3 is 2.59 bits per heavy atom. The van der Waals surface area contributed by atoms with E-state index in [1.165, 1.54) is 6.21 Å². The molecule has 32 heavy (non-hydrogen) atoms. The van der Waals surface area contributed by atoms with Gasteiger partial charge < -0.3 is 15.4 Å².